The molecule has 4 heteroatoms. The Bertz CT molecular complexity index is 500. The summed E-state index contributed by atoms with van der Waals surface area (Å²) in [6.45, 7) is 0.651. The van der Waals surface area contributed by atoms with Crippen LogP contribution in [0.5, 0.6) is 5.75 Å². The van der Waals surface area contributed by atoms with Crippen molar-refractivity contribution in [1.82, 2.24) is 0 Å². The largest absolute Gasteiger partial charge is 0.492 e. The van der Waals surface area contributed by atoms with Crippen molar-refractivity contribution >= 4 is 21.9 Å². The second-order valence-corrected chi connectivity index (χ2v) is 6.61. The van der Waals surface area contributed by atoms with Crippen LogP contribution in [0.1, 0.15) is 36.0 Å². The predicted molar refractivity (Wildman–Crippen MR) is 75.5 cm³/mol. The lowest BCUT2D eigenvalue weighted by Gasteiger charge is -2.22. The van der Waals surface area contributed by atoms with Crippen molar-refractivity contribution in [3.63, 3.8) is 0 Å². The monoisotopic (exact) mass is 324 g/mol. The molecule has 0 aromatic heterocycles. The van der Waals surface area contributed by atoms with Gasteiger partial charge in [0.25, 0.3) is 0 Å². The van der Waals surface area contributed by atoms with E-state index in [0.29, 0.717) is 18.3 Å². The molecule has 3 rings (SSSR count). The molecule has 2 bridgehead atoms. The standard InChI is InChI=1S/C15H17BrO3/c16-12-3-4-13(15(17)18)14(7-12)19-8-11-6-9-1-2-10(11)5-9/h3-4,7,9-11H,1-2,5-6,8H2,(H,17,18). The van der Waals surface area contributed by atoms with Crippen molar-refractivity contribution in [2.75, 3.05) is 6.61 Å². The Kier molecular flexibility index (Phi) is 3.52. The molecule has 3 unspecified atom stereocenters. The molecule has 0 amide bonds. The maximum absolute atomic E-state index is 11.2. The number of carbonyl (C=O) groups is 1. The van der Waals surface area contributed by atoms with Crippen molar-refractivity contribution in [3.05, 3.63) is 28.2 Å². The number of benzene rings is 1. The van der Waals surface area contributed by atoms with E-state index in [4.69, 9.17) is 9.84 Å². The third-order valence-electron chi connectivity index (χ3n) is 4.51. The minimum absolute atomic E-state index is 0.242. The van der Waals surface area contributed by atoms with Crippen LogP contribution in [-0.2, 0) is 0 Å². The SMILES string of the molecule is O=C(O)c1ccc(Br)cc1OCC1CC2CCC1C2. The van der Waals surface area contributed by atoms with Gasteiger partial charge in [-0.1, -0.05) is 22.4 Å². The number of carboxylic acids is 1. The summed E-state index contributed by atoms with van der Waals surface area (Å²) in [5.41, 5.74) is 0.242. The molecule has 2 aliphatic rings. The number of halogens is 1. The molecule has 102 valence electrons. The Hall–Kier alpha value is -1.03. The van der Waals surface area contributed by atoms with E-state index in [-0.39, 0.29) is 5.56 Å². The van der Waals surface area contributed by atoms with Gasteiger partial charge in [-0.25, -0.2) is 4.79 Å². The van der Waals surface area contributed by atoms with Crippen molar-refractivity contribution < 1.29 is 14.6 Å². The molecule has 19 heavy (non-hydrogen) atoms. The first kappa shape index (κ1) is 13.0. The van der Waals surface area contributed by atoms with E-state index in [9.17, 15) is 4.79 Å². The quantitative estimate of drug-likeness (QED) is 0.911. The van der Waals surface area contributed by atoms with E-state index in [2.05, 4.69) is 15.9 Å². The van der Waals surface area contributed by atoms with Crippen LogP contribution < -0.4 is 4.74 Å². The minimum atomic E-state index is -0.935. The molecule has 1 aromatic rings. The molecule has 3 nitrogen and oxygen atoms in total. The zero-order valence-corrected chi connectivity index (χ0v) is 12.2. The van der Waals surface area contributed by atoms with Gasteiger partial charge in [0.05, 0.1) is 6.61 Å². The van der Waals surface area contributed by atoms with Gasteiger partial charge in [-0.2, -0.15) is 0 Å². The summed E-state index contributed by atoms with van der Waals surface area (Å²) < 4.78 is 6.65. The van der Waals surface area contributed by atoms with Crippen molar-refractivity contribution in [2.24, 2.45) is 17.8 Å². The number of aromatic carboxylic acids is 1. The van der Waals surface area contributed by atoms with Crippen molar-refractivity contribution in [1.29, 1.82) is 0 Å². The molecular weight excluding hydrogens is 308 g/mol. The van der Waals surface area contributed by atoms with E-state index < -0.39 is 5.97 Å². The van der Waals surface area contributed by atoms with Gasteiger partial charge in [0.2, 0.25) is 0 Å². The summed E-state index contributed by atoms with van der Waals surface area (Å²) in [5.74, 6) is 1.84. The Morgan fingerprint density at radius 2 is 2.21 bits per heavy atom. The van der Waals surface area contributed by atoms with E-state index in [0.717, 1.165) is 16.3 Å². The van der Waals surface area contributed by atoms with Crippen LogP contribution in [0.2, 0.25) is 0 Å². The topological polar surface area (TPSA) is 46.5 Å². The van der Waals surface area contributed by atoms with E-state index in [1.54, 1.807) is 18.2 Å². The first-order chi connectivity index (χ1) is 9.13. The van der Waals surface area contributed by atoms with Crippen LogP contribution in [0.25, 0.3) is 0 Å². The molecular formula is C15H17BrO3. The fourth-order valence-corrected chi connectivity index (χ4v) is 3.91. The number of hydrogen-bond acceptors (Lipinski definition) is 2. The third-order valence-corrected chi connectivity index (χ3v) is 5.00. The van der Waals surface area contributed by atoms with Crippen LogP contribution in [0.4, 0.5) is 0 Å². The summed E-state index contributed by atoms with van der Waals surface area (Å²) in [7, 11) is 0. The molecule has 2 saturated carbocycles. The lowest BCUT2D eigenvalue weighted by Crippen LogP contribution is -2.19. The Labute approximate surface area is 121 Å². The summed E-state index contributed by atoms with van der Waals surface area (Å²) >= 11 is 3.36. The van der Waals surface area contributed by atoms with Gasteiger partial charge in [-0.05, 0) is 55.2 Å². The summed E-state index contributed by atoms with van der Waals surface area (Å²) in [6.07, 6.45) is 5.29. The van der Waals surface area contributed by atoms with Crippen LogP contribution in [-0.4, -0.2) is 17.7 Å². The third kappa shape index (κ3) is 2.64. The fraction of sp³-hybridized carbons (Fsp3) is 0.533. The normalized spacial score (nSPS) is 28.6. The summed E-state index contributed by atoms with van der Waals surface area (Å²) in [6, 6.07) is 5.06. The highest BCUT2D eigenvalue weighted by Gasteiger charge is 2.39. The van der Waals surface area contributed by atoms with Crippen molar-refractivity contribution in [3.8, 4) is 5.75 Å². The van der Waals surface area contributed by atoms with Crippen LogP contribution in [0.15, 0.2) is 22.7 Å². The van der Waals surface area contributed by atoms with Gasteiger partial charge in [-0.3, -0.25) is 0 Å². The van der Waals surface area contributed by atoms with Crippen LogP contribution in [0.3, 0.4) is 0 Å². The zero-order valence-electron chi connectivity index (χ0n) is 10.6. The van der Waals surface area contributed by atoms with Crippen molar-refractivity contribution in [2.45, 2.75) is 25.7 Å². The molecule has 3 atom stereocenters. The summed E-state index contributed by atoms with van der Waals surface area (Å²) in [5, 5.41) is 9.16. The zero-order chi connectivity index (χ0) is 13.4. The molecule has 0 heterocycles. The molecule has 1 N–H and O–H groups in total. The molecule has 2 fully saturated rings. The van der Waals surface area contributed by atoms with E-state index >= 15 is 0 Å². The lowest BCUT2D eigenvalue weighted by molar-refractivity contribution is 0.0690. The van der Waals surface area contributed by atoms with Gasteiger partial charge in [0.15, 0.2) is 0 Å². The number of ether oxygens (including phenoxy) is 1. The number of rotatable bonds is 4. The highest BCUT2D eigenvalue weighted by atomic mass is 79.9. The van der Waals surface area contributed by atoms with Gasteiger partial charge >= 0.3 is 5.97 Å². The molecule has 1 aromatic carbocycles. The maximum Gasteiger partial charge on any atom is 0.339 e. The van der Waals surface area contributed by atoms with Crippen LogP contribution in [0, 0.1) is 17.8 Å². The first-order valence-electron chi connectivity index (χ1n) is 6.79. The lowest BCUT2D eigenvalue weighted by atomic mass is 9.89. The Balaban J connectivity index is 1.69. The van der Waals surface area contributed by atoms with Gasteiger partial charge in [-0.15, -0.1) is 0 Å². The molecule has 0 aliphatic heterocycles. The molecule has 2 aliphatic carbocycles. The average Bonchev–Trinajstić information content (AvgIpc) is 2.98. The smallest absolute Gasteiger partial charge is 0.339 e. The maximum atomic E-state index is 11.2. The first-order valence-corrected chi connectivity index (χ1v) is 7.58. The minimum Gasteiger partial charge on any atom is -0.492 e. The highest BCUT2D eigenvalue weighted by Crippen LogP contribution is 2.48. The Morgan fingerprint density at radius 3 is 2.84 bits per heavy atom. The Morgan fingerprint density at radius 1 is 1.37 bits per heavy atom. The highest BCUT2D eigenvalue weighted by molar-refractivity contribution is 9.10. The second kappa shape index (κ2) is 5.16. The average molecular weight is 325 g/mol. The number of fused-ring (bicyclic) bond motifs is 2. The van der Waals surface area contributed by atoms with Gasteiger partial charge < -0.3 is 9.84 Å². The number of hydrogen-bond donors (Lipinski definition) is 1. The number of carboxylic acid groups (broad SMARTS) is 1. The molecule has 0 spiro atoms. The van der Waals surface area contributed by atoms with E-state index in [1.165, 1.54) is 25.7 Å². The predicted octanol–water partition coefficient (Wildman–Crippen LogP) is 3.96. The fourth-order valence-electron chi connectivity index (χ4n) is 3.57. The molecule has 0 saturated heterocycles. The second-order valence-electron chi connectivity index (χ2n) is 5.69. The van der Waals surface area contributed by atoms with Gasteiger partial charge in [0, 0.05) is 4.47 Å². The van der Waals surface area contributed by atoms with Crippen LogP contribution >= 0.6 is 15.9 Å². The van der Waals surface area contributed by atoms with E-state index in [1.807, 2.05) is 0 Å². The molecule has 0 radical (unpaired) electrons. The van der Waals surface area contributed by atoms with Gasteiger partial charge in [0.1, 0.15) is 11.3 Å². The summed E-state index contributed by atoms with van der Waals surface area (Å²) in [4.78, 5) is 11.2.